The number of aliphatic hydroxyl groups is 1. The van der Waals surface area contributed by atoms with Crippen molar-refractivity contribution in [2.24, 2.45) is 12.8 Å². The first-order valence-corrected chi connectivity index (χ1v) is 4.85. The first kappa shape index (κ1) is 10.1. The van der Waals surface area contributed by atoms with Gasteiger partial charge in [-0.25, -0.2) is 4.68 Å². The molecule has 3 N–H and O–H groups in total. The monoisotopic (exact) mass is 206 g/mol. The molecule has 0 fully saturated rings. The summed E-state index contributed by atoms with van der Waals surface area (Å²) in [4.78, 5) is 0. The third-order valence-corrected chi connectivity index (χ3v) is 2.41. The maximum absolute atomic E-state index is 8.86. The molecule has 0 aliphatic heterocycles. The zero-order chi connectivity index (χ0) is 10.8. The van der Waals surface area contributed by atoms with Crippen LogP contribution >= 0.6 is 0 Å². The number of benzene rings is 1. The van der Waals surface area contributed by atoms with E-state index >= 15 is 0 Å². The number of aromatic nitrogens is 3. The average molecular weight is 206 g/mol. The van der Waals surface area contributed by atoms with Gasteiger partial charge in [-0.1, -0.05) is 11.3 Å². The number of aliphatic hydroxyl groups excluding tert-OH is 1. The van der Waals surface area contributed by atoms with Crippen molar-refractivity contribution in [2.45, 2.75) is 12.5 Å². The lowest BCUT2D eigenvalue weighted by molar-refractivity contribution is 0.265. The lowest BCUT2D eigenvalue weighted by Crippen LogP contribution is -2.26. The van der Waals surface area contributed by atoms with Crippen LogP contribution in [0.4, 0.5) is 0 Å². The van der Waals surface area contributed by atoms with Crippen LogP contribution in [0.2, 0.25) is 0 Å². The van der Waals surface area contributed by atoms with Gasteiger partial charge in [0.1, 0.15) is 5.52 Å². The van der Waals surface area contributed by atoms with Crippen molar-refractivity contribution in [2.75, 3.05) is 6.61 Å². The minimum Gasteiger partial charge on any atom is -0.395 e. The van der Waals surface area contributed by atoms with Crippen LogP contribution in [0.15, 0.2) is 18.2 Å². The largest absolute Gasteiger partial charge is 0.395 e. The van der Waals surface area contributed by atoms with Crippen LogP contribution in [0.1, 0.15) is 5.56 Å². The van der Waals surface area contributed by atoms with Gasteiger partial charge >= 0.3 is 0 Å². The van der Waals surface area contributed by atoms with Gasteiger partial charge < -0.3 is 10.8 Å². The molecular formula is C10H14N4O. The van der Waals surface area contributed by atoms with Gasteiger partial charge in [0.25, 0.3) is 0 Å². The zero-order valence-corrected chi connectivity index (χ0v) is 8.59. The van der Waals surface area contributed by atoms with Crippen molar-refractivity contribution in [1.82, 2.24) is 15.0 Å². The Morgan fingerprint density at radius 1 is 1.53 bits per heavy atom. The van der Waals surface area contributed by atoms with Gasteiger partial charge in [-0.3, -0.25) is 0 Å². The molecule has 5 heteroatoms. The van der Waals surface area contributed by atoms with Gasteiger partial charge in [0.05, 0.1) is 12.1 Å². The van der Waals surface area contributed by atoms with Gasteiger partial charge in [-0.05, 0) is 24.1 Å². The molecule has 1 aromatic heterocycles. The number of nitrogens with zero attached hydrogens (tertiary/aromatic N) is 3. The highest BCUT2D eigenvalue weighted by Crippen LogP contribution is 2.13. The van der Waals surface area contributed by atoms with E-state index in [4.69, 9.17) is 10.8 Å². The highest BCUT2D eigenvalue weighted by atomic mass is 16.3. The van der Waals surface area contributed by atoms with E-state index < -0.39 is 0 Å². The number of hydrogen-bond donors (Lipinski definition) is 2. The second-order valence-corrected chi connectivity index (χ2v) is 3.68. The predicted molar refractivity (Wildman–Crippen MR) is 57.3 cm³/mol. The Morgan fingerprint density at radius 3 is 3.07 bits per heavy atom. The molecule has 1 atom stereocenters. The SMILES string of the molecule is Cn1nnc2cc(CC(N)CO)ccc21. The van der Waals surface area contributed by atoms with Crippen molar-refractivity contribution in [1.29, 1.82) is 0 Å². The smallest absolute Gasteiger partial charge is 0.113 e. The molecule has 80 valence electrons. The van der Waals surface area contributed by atoms with Gasteiger partial charge in [0.2, 0.25) is 0 Å². The van der Waals surface area contributed by atoms with Crippen molar-refractivity contribution in [3.05, 3.63) is 23.8 Å². The first-order valence-electron chi connectivity index (χ1n) is 4.85. The van der Waals surface area contributed by atoms with Gasteiger partial charge in [-0.2, -0.15) is 0 Å². The summed E-state index contributed by atoms with van der Waals surface area (Å²) in [5.41, 5.74) is 8.59. The maximum Gasteiger partial charge on any atom is 0.113 e. The van der Waals surface area contributed by atoms with E-state index in [1.165, 1.54) is 0 Å². The van der Waals surface area contributed by atoms with E-state index in [-0.39, 0.29) is 12.6 Å². The second kappa shape index (κ2) is 3.96. The molecule has 0 saturated heterocycles. The summed E-state index contributed by atoms with van der Waals surface area (Å²) in [6.07, 6.45) is 0.656. The summed E-state index contributed by atoms with van der Waals surface area (Å²) in [6, 6.07) is 5.70. The third kappa shape index (κ3) is 1.98. The Kier molecular flexibility index (Phi) is 2.66. The molecule has 1 unspecified atom stereocenters. The molecule has 0 saturated carbocycles. The molecule has 0 amide bonds. The Bertz CT molecular complexity index is 465. The highest BCUT2D eigenvalue weighted by Gasteiger charge is 2.05. The summed E-state index contributed by atoms with van der Waals surface area (Å²) in [5.74, 6) is 0. The minimum atomic E-state index is -0.209. The summed E-state index contributed by atoms with van der Waals surface area (Å²) in [5, 5.41) is 16.8. The molecule has 0 spiro atoms. The fourth-order valence-corrected chi connectivity index (χ4v) is 1.58. The summed E-state index contributed by atoms with van der Waals surface area (Å²) in [6.45, 7) is -0.00148. The van der Waals surface area contributed by atoms with Crippen LogP contribution in [0, 0.1) is 0 Å². The zero-order valence-electron chi connectivity index (χ0n) is 8.59. The molecule has 2 aromatic rings. The topological polar surface area (TPSA) is 77.0 Å². The number of hydrogen-bond acceptors (Lipinski definition) is 4. The van der Waals surface area contributed by atoms with Gasteiger partial charge in [0, 0.05) is 13.1 Å². The van der Waals surface area contributed by atoms with Crippen LogP contribution in [-0.2, 0) is 13.5 Å². The standard InChI is InChI=1S/C10H14N4O/c1-14-10-3-2-7(4-8(11)6-15)5-9(10)12-13-14/h2-3,5,8,15H,4,6,11H2,1H3. The van der Waals surface area contributed by atoms with E-state index in [9.17, 15) is 0 Å². The molecule has 1 heterocycles. The highest BCUT2D eigenvalue weighted by molar-refractivity contribution is 5.74. The number of aryl methyl sites for hydroxylation is 1. The maximum atomic E-state index is 8.86. The molecule has 0 radical (unpaired) electrons. The quantitative estimate of drug-likeness (QED) is 0.731. The molecule has 15 heavy (non-hydrogen) atoms. The van der Waals surface area contributed by atoms with Gasteiger partial charge in [0.15, 0.2) is 0 Å². The third-order valence-electron chi connectivity index (χ3n) is 2.41. The summed E-state index contributed by atoms with van der Waals surface area (Å²) in [7, 11) is 1.86. The minimum absolute atomic E-state index is 0.00148. The van der Waals surface area contributed by atoms with Crippen LogP contribution in [0.25, 0.3) is 11.0 Å². The van der Waals surface area contributed by atoms with Crippen molar-refractivity contribution in [3.8, 4) is 0 Å². The van der Waals surface area contributed by atoms with E-state index in [0.717, 1.165) is 16.6 Å². The normalized spacial score (nSPS) is 13.3. The summed E-state index contributed by atoms with van der Waals surface area (Å²) < 4.78 is 1.73. The Labute approximate surface area is 87.5 Å². The Morgan fingerprint density at radius 2 is 2.33 bits per heavy atom. The Hall–Kier alpha value is -1.46. The van der Waals surface area contributed by atoms with E-state index in [1.54, 1.807) is 4.68 Å². The van der Waals surface area contributed by atoms with Gasteiger partial charge in [-0.15, -0.1) is 5.10 Å². The lowest BCUT2D eigenvalue weighted by Gasteiger charge is -2.07. The molecule has 0 aliphatic rings. The molecule has 1 aromatic carbocycles. The molecular weight excluding hydrogens is 192 g/mol. The average Bonchev–Trinajstić information content (AvgIpc) is 2.60. The van der Waals surface area contributed by atoms with E-state index in [1.807, 2.05) is 25.2 Å². The lowest BCUT2D eigenvalue weighted by atomic mass is 10.1. The van der Waals surface area contributed by atoms with E-state index in [2.05, 4.69) is 10.3 Å². The molecule has 2 rings (SSSR count). The van der Waals surface area contributed by atoms with Crippen LogP contribution in [0.5, 0.6) is 0 Å². The fraction of sp³-hybridized carbons (Fsp3) is 0.400. The van der Waals surface area contributed by atoms with Crippen molar-refractivity contribution < 1.29 is 5.11 Å². The fourth-order valence-electron chi connectivity index (χ4n) is 1.58. The second-order valence-electron chi connectivity index (χ2n) is 3.68. The number of nitrogens with two attached hydrogens (primary N) is 1. The number of rotatable bonds is 3. The van der Waals surface area contributed by atoms with Crippen LogP contribution < -0.4 is 5.73 Å². The van der Waals surface area contributed by atoms with E-state index in [0.29, 0.717) is 6.42 Å². The van der Waals surface area contributed by atoms with Crippen molar-refractivity contribution in [3.63, 3.8) is 0 Å². The molecule has 5 nitrogen and oxygen atoms in total. The van der Waals surface area contributed by atoms with Crippen molar-refractivity contribution >= 4 is 11.0 Å². The Balaban J connectivity index is 2.31. The first-order chi connectivity index (χ1) is 7.20. The summed E-state index contributed by atoms with van der Waals surface area (Å²) >= 11 is 0. The van der Waals surface area contributed by atoms with Crippen LogP contribution in [-0.4, -0.2) is 32.7 Å². The molecule has 0 aliphatic carbocycles. The molecule has 0 bridgehead atoms. The number of fused-ring (bicyclic) bond motifs is 1. The predicted octanol–water partition coefficient (Wildman–Crippen LogP) is -0.170. The van der Waals surface area contributed by atoms with Crippen LogP contribution in [0.3, 0.4) is 0 Å².